The highest BCUT2D eigenvalue weighted by Crippen LogP contribution is 2.30. The Balaban J connectivity index is 0.00000192. The van der Waals surface area contributed by atoms with Crippen molar-refractivity contribution in [2.24, 2.45) is 11.7 Å². The lowest BCUT2D eigenvalue weighted by molar-refractivity contribution is -0.117. The Bertz CT molecular complexity index is 557. The molecular formula is C17H24ClN3O2. The van der Waals surface area contributed by atoms with E-state index in [2.05, 4.69) is 5.32 Å². The summed E-state index contributed by atoms with van der Waals surface area (Å²) in [5.74, 6) is 0.300. The molecule has 126 valence electrons. The van der Waals surface area contributed by atoms with Gasteiger partial charge in [0.15, 0.2) is 0 Å². The molecule has 3 N–H and O–H groups in total. The number of carbonyl (C=O) groups excluding carboxylic acids is 2. The van der Waals surface area contributed by atoms with E-state index in [1.807, 2.05) is 4.90 Å². The summed E-state index contributed by atoms with van der Waals surface area (Å²) in [6.07, 6.45) is 5.13. The minimum absolute atomic E-state index is 0. The molecule has 3 rings (SSSR count). The minimum Gasteiger partial charge on any atom is -0.334 e. The van der Waals surface area contributed by atoms with Gasteiger partial charge < -0.3 is 16.0 Å². The molecule has 0 radical (unpaired) electrons. The highest BCUT2D eigenvalue weighted by molar-refractivity contribution is 5.97. The van der Waals surface area contributed by atoms with Crippen LogP contribution >= 0.6 is 12.4 Å². The predicted molar refractivity (Wildman–Crippen MR) is 92.8 cm³/mol. The third-order valence-corrected chi connectivity index (χ3v) is 4.51. The Morgan fingerprint density at radius 1 is 1.13 bits per heavy atom. The van der Waals surface area contributed by atoms with Crippen molar-refractivity contribution in [2.45, 2.75) is 38.1 Å². The third kappa shape index (κ3) is 4.24. The maximum Gasteiger partial charge on any atom is 0.254 e. The maximum absolute atomic E-state index is 12.6. The molecule has 1 aromatic rings. The molecule has 2 amide bonds. The zero-order valence-electron chi connectivity index (χ0n) is 13.2. The van der Waals surface area contributed by atoms with Crippen LogP contribution < -0.4 is 11.1 Å². The van der Waals surface area contributed by atoms with Crippen LogP contribution in [0.5, 0.6) is 0 Å². The van der Waals surface area contributed by atoms with Gasteiger partial charge in [-0.15, -0.1) is 12.4 Å². The molecule has 1 aliphatic heterocycles. The second-order valence-corrected chi connectivity index (χ2v) is 6.22. The summed E-state index contributed by atoms with van der Waals surface area (Å²) in [4.78, 5) is 26.2. The topological polar surface area (TPSA) is 75.4 Å². The Morgan fingerprint density at radius 2 is 1.83 bits per heavy atom. The molecule has 1 saturated heterocycles. The quantitative estimate of drug-likeness (QED) is 0.885. The van der Waals surface area contributed by atoms with Crippen LogP contribution in [0.4, 0.5) is 5.69 Å². The SMILES string of the molecule is Cl.NCC1CCCCN1C(=O)c1ccc(NC(=O)C2CC2)cc1. The Labute approximate surface area is 143 Å². The van der Waals surface area contributed by atoms with Gasteiger partial charge in [-0.3, -0.25) is 9.59 Å². The van der Waals surface area contributed by atoms with E-state index in [9.17, 15) is 9.59 Å². The molecule has 5 nitrogen and oxygen atoms in total. The number of carbonyl (C=O) groups is 2. The first-order chi connectivity index (χ1) is 10.7. The van der Waals surface area contributed by atoms with Crippen molar-refractivity contribution in [1.82, 2.24) is 4.90 Å². The van der Waals surface area contributed by atoms with Crippen molar-refractivity contribution in [3.05, 3.63) is 29.8 Å². The van der Waals surface area contributed by atoms with E-state index >= 15 is 0 Å². The molecule has 1 heterocycles. The first kappa shape index (κ1) is 17.8. The van der Waals surface area contributed by atoms with Gasteiger partial charge in [0.1, 0.15) is 0 Å². The van der Waals surface area contributed by atoms with Crippen LogP contribution in [0.1, 0.15) is 42.5 Å². The van der Waals surface area contributed by atoms with Crippen LogP contribution in [0.15, 0.2) is 24.3 Å². The van der Waals surface area contributed by atoms with Crippen molar-refractivity contribution >= 4 is 29.9 Å². The zero-order valence-corrected chi connectivity index (χ0v) is 14.0. The number of anilines is 1. The number of amides is 2. The molecule has 0 spiro atoms. The van der Waals surface area contributed by atoms with Crippen molar-refractivity contribution in [1.29, 1.82) is 0 Å². The molecule has 1 unspecified atom stereocenters. The standard InChI is InChI=1S/C17H23N3O2.ClH/c18-11-15-3-1-2-10-20(15)17(22)13-6-8-14(9-7-13)19-16(21)12-4-5-12;/h6-9,12,15H,1-5,10-11,18H2,(H,19,21);1H. The summed E-state index contributed by atoms with van der Waals surface area (Å²) >= 11 is 0. The summed E-state index contributed by atoms with van der Waals surface area (Å²) in [6, 6.07) is 7.32. The van der Waals surface area contributed by atoms with Gasteiger partial charge in [-0.2, -0.15) is 0 Å². The fourth-order valence-corrected chi connectivity index (χ4v) is 2.96. The van der Waals surface area contributed by atoms with Gasteiger partial charge in [0.05, 0.1) is 0 Å². The van der Waals surface area contributed by atoms with Crippen molar-refractivity contribution < 1.29 is 9.59 Å². The lowest BCUT2D eigenvalue weighted by Gasteiger charge is -2.35. The van der Waals surface area contributed by atoms with Crippen molar-refractivity contribution in [3.8, 4) is 0 Å². The van der Waals surface area contributed by atoms with Crippen LogP contribution in [0.25, 0.3) is 0 Å². The van der Waals surface area contributed by atoms with E-state index in [1.54, 1.807) is 24.3 Å². The molecule has 23 heavy (non-hydrogen) atoms. The first-order valence-corrected chi connectivity index (χ1v) is 8.11. The van der Waals surface area contributed by atoms with E-state index < -0.39 is 0 Å². The summed E-state index contributed by atoms with van der Waals surface area (Å²) in [7, 11) is 0. The van der Waals surface area contributed by atoms with E-state index in [4.69, 9.17) is 5.73 Å². The average Bonchev–Trinajstić information content (AvgIpc) is 3.40. The zero-order chi connectivity index (χ0) is 15.5. The first-order valence-electron chi connectivity index (χ1n) is 8.11. The fraction of sp³-hybridized carbons (Fsp3) is 0.529. The molecule has 1 saturated carbocycles. The Kier molecular flexibility index (Phi) is 6.02. The highest BCUT2D eigenvalue weighted by Gasteiger charge is 2.30. The number of benzene rings is 1. The number of hydrogen-bond donors (Lipinski definition) is 2. The molecule has 0 bridgehead atoms. The van der Waals surface area contributed by atoms with Gasteiger partial charge in [-0.1, -0.05) is 0 Å². The van der Waals surface area contributed by atoms with Crippen molar-refractivity contribution in [3.63, 3.8) is 0 Å². The minimum atomic E-state index is 0. The monoisotopic (exact) mass is 337 g/mol. The molecule has 2 fully saturated rings. The number of halogens is 1. The number of rotatable bonds is 4. The predicted octanol–water partition coefficient (Wildman–Crippen LogP) is 2.41. The fourth-order valence-electron chi connectivity index (χ4n) is 2.96. The molecular weight excluding hydrogens is 314 g/mol. The molecule has 6 heteroatoms. The molecule has 0 aromatic heterocycles. The smallest absolute Gasteiger partial charge is 0.254 e. The number of nitrogens with zero attached hydrogens (tertiary/aromatic N) is 1. The van der Waals surface area contributed by atoms with Gasteiger partial charge in [-0.05, 0) is 56.4 Å². The third-order valence-electron chi connectivity index (χ3n) is 4.51. The summed E-state index contributed by atoms with van der Waals surface area (Å²) in [5, 5.41) is 2.89. The lowest BCUT2D eigenvalue weighted by Crippen LogP contribution is -2.47. The average molecular weight is 338 g/mol. The van der Waals surface area contributed by atoms with Gasteiger partial charge in [-0.25, -0.2) is 0 Å². The van der Waals surface area contributed by atoms with E-state index in [0.29, 0.717) is 12.1 Å². The number of hydrogen-bond acceptors (Lipinski definition) is 3. The Morgan fingerprint density at radius 3 is 2.43 bits per heavy atom. The normalized spacial score (nSPS) is 20.6. The van der Waals surface area contributed by atoms with E-state index in [-0.39, 0.29) is 36.2 Å². The van der Waals surface area contributed by atoms with Gasteiger partial charge in [0.2, 0.25) is 5.91 Å². The van der Waals surface area contributed by atoms with E-state index in [0.717, 1.165) is 44.3 Å². The molecule has 1 atom stereocenters. The summed E-state index contributed by atoms with van der Waals surface area (Å²) in [6.45, 7) is 1.29. The Hall–Kier alpha value is -1.59. The lowest BCUT2D eigenvalue weighted by atomic mass is 10.0. The number of nitrogens with two attached hydrogens (primary N) is 1. The van der Waals surface area contributed by atoms with Crippen LogP contribution in [-0.4, -0.2) is 35.8 Å². The van der Waals surface area contributed by atoms with Crippen LogP contribution in [0, 0.1) is 5.92 Å². The van der Waals surface area contributed by atoms with E-state index in [1.165, 1.54) is 0 Å². The second kappa shape index (κ2) is 7.79. The van der Waals surface area contributed by atoms with Crippen LogP contribution in [-0.2, 0) is 4.79 Å². The highest BCUT2D eigenvalue weighted by atomic mass is 35.5. The molecule has 1 aromatic carbocycles. The van der Waals surface area contributed by atoms with Crippen LogP contribution in [0.3, 0.4) is 0 Å². The van der Waals surface area contributed by atoms with Crippen molar-refractivity contribution in [2.75, 3.05) is 18.4 Å². The van der Waals surface area contributed by atoms with Gasteiger partial charge >= 0.3 is 0 Å². The van der Waals surface area contributed by atoms with Gasteiger partial charge in [0, 0.05) is 36.3 Å². The molecule has 1 aliphatic carbocycles. The number of nitrogens with one attached hydrogen (secondary N) is 1. The van der Waals surface area contributed by atoms with Gasteiger partial charge in [0.25, 0.3) is 5.91 Å². The summed E-state index contributed by atoms with van der Waals surface area (Å²) < 4.78 is 0. The van der Waals surface area contributed by atoms with Crippen LogP contribution in [0.2, 0.25) is 0 Å². The number of likely N-dealkylation sites (tertiary alicyclic amines) is 1. The largest absolute Gasteiger partial charge is 0.334 e. The summed E-state index contributed by atoms with van der Waals surface area (Å²) in [5.41, 5.74) is 7.19. The molecule has 2 aliphatic rings. The number of piperidine rings is 1. The second-order valence-electron chi connectivity index (χ2n) is 6.22. The maximum atomic E-state index is 12.6.